The highest BCUT2D eigenvalue weighted by atomic mass is 35.5. The monoisotopic (exact) mass is 398 g/mol. The Labute approximate surface area is 165 Å². The smallest absolute Gasteiger partial charge is 0.249 e. The first-order valence-electron chi connectivity index (χ1n) is 8.63. The molecular formula is C20H16ClFN4O2. The second kappa shape index (κ2) is 7.09. The molecule has 2 amide bonds. The predicted molar refractivity (Wildman–Crippen MR) is 105 cm³/mol. The fourth-order valence-corrected chi connectivity index (χ4v) is 3.34. The van der Waals surface area contributed by atoms with Crippen LogP contribution in [0, 0.1) is 12.7 Å². The largest absolute Gasteiger partial charge is 0.324 e. The molecule has 6 nitrogen and oxygen atoms in total. The normalized spacial score (nSPS) is 15.7. The number of nitrogens with zero attached hydrogens (tertiary/aromatic N) is 2. The Morgan fingerprint density at radius 3 is 2.75 bits per heavy atom. The number of hydrogen-bond donors (Lipinski definition) is 2. The Morgan fingerprint density at radius 1 is 1.29 bits per heavy atom. The molecular weight excluding hydrogens is 383 g/mol. The molecule has 1 aliphatic rings. The van der Waals surface area contributed by atoms with Crippen LogP contribution in [0.25, 0.3) is 11.3 Å². The summed E-state index contributed by atoms with van der Waals surface area (Å²) in [4.78, 5) is 25.0. The molecule has 28 heavy (non-hydrogen) atoms. The van der Waals surface area contributed by atoms with Gasteiger partial charge in [-0.05, 0) is 37.3 Å². The molecule has 2 aromatic carbocycles. The molecule has 0 saturated heterocycles. The van der Waals surface area contributed by atoms with Gasteiger partial charge in [-0.15, -0.1) is 0 Å². The lowest BCUT2D eigenvalue weighted by Crippen LogP contribution is -2.35. The summed E-state index contributed by atoms with van der Waals surface area (Å²) in [5, 5.41) is 10.6. The van der Waals surface area contributed by atoms with Crippen LogP contribution in [-0.2, 0) is 9.59 Å². The Bertz CT molecular complexity index is 1080. The van der Waals surface area contributed by atoms with Crippen LogP contribution < -0.4 is 10.6 Å². The van der Waals surface area contributed by atoms with E-state index in [0.29, 0.717) is 22.2 Å². The van der Waals surface area contributed by atoms with E-state index in [1.807, 2.05) is 19.1 Å². The van der Waals surface area contributed by atoms with Gasteiger partial charge in [0, 0.05) is 21.8 Å². The average molecular weight is 399 g/mol. The molecule has 0 saturated carbocycles. The van der Waals surface area contributed by atoms with E-state index in [1.165, 1.54) is 22.9 Å². The number of benzene rings is 2. The zero-order valence-corrected chi connectivity index (χ0v) is 15.6. The van der Waals surface area contributed by atoms with Crippen molar-refractivity contribution in [1.82, 2.24) is 9.78 Å². The molecule has 0 bridgehead atoms. The Hall–Kier alpha value is -3.19. The van der Waals surface area contributed by atoms with Crippen molar-refractivity contribution in [2.75, 3.05) is 10.6 Å². The van der Waals surface area contributed by atoms with Crippen molar-refractivity contribution >= 4 is 34.9 Å². The van der Waals surface area contributed by atoms with Crippen LogP contribution in [0.5, 0.6) is 0 Å². The number of hydrogen-bond acceptors (Lipinski definition) is 3. The first kappa shape index (κ1) is 18.2. The summed E-state index contributed by atoms with van der Waals surface area (Å²) in [6.45, 7) is 1.83. The van der Waals surface area contributed by atoms with Gasteiger partial charge in [-0.3, -0.25) is 9.59 Å². The standard InChI is InChI=1S/C20H16ClFN4O2/c1-11-18(12-5-7-13(21)8-6-12)25-26-16(10-17(27)24-19(11)26)20(28)23-15-4-2-3-14(22)9-15/h2-9,16H,10H2,1H3,(H,23,28)(H,24,27)/t16-/m1/s1. The van der Waals surface area contributed by atoms with Crippen LogP contribution in [0.2, 0.25) is 5.02 Å². The summed E-state index contributed by atoms with van der Waals surface area (Å²) in [7, 11) is 0. The van der Waals surface area contributed by atoms with E-state index in [-0.39, 0.29) is 12.3 Å². The van der Waals surface area contributed by atoms with Gasteiger partial charge in [0.15, 0.2) is 0 Å². The molecule has 1 aromatic heterocycles. The van der Waals surface area contributed by atoms with E-state index < -0.39 is 17.8 Å². The first-order chi connectivity index (χ1) is 13.4. The third kappa shape index (κ3) is 3.36. The number of nitrogens with one attached hydrogen (secondary N) is 2. The Balaban J connectivity index is 1.70. The second-order valence-electron chi connectivity index (χ2n) is 6.54. The van der Waals surface area contributed by atoms with E-state index in [0.717, 1.165) is 11.1 Å². The van der Waals surface area contributed by atoms with E-state index in [1.54, 1.807) is 18.2 Å². The van der Waals surface area contributed by atoms with Gasteiger partial charge in [-0.1, -0.05) is 29.8 Å². The van der Waals surface area contributed by atoms with E-state index in [2.05, 4.69) is 15.7 Å². The second-order valence-corrected chi connectivity index (χ2v) is 6.98. The van der Waals surface area contributed by atoms with Gasteiger partial charge < -0.3 is 10.6 Å². The van der Waals surface area contributed by atoms with Crippen LogP contribution in [-0.4, -0.2) is 21.6 Å². The third-order valence-electron chi connectivity index (χ3n) is 4.59. The minimum Gasteiger partial charge on any atom is -0.324 e. The SMILES string of the molecule is Cc1c(-c2ccc(Cl)cc2)nn2c1NC(=O)C[C@@H]2C(=O)Nc1cccc(F)c1. The zero-order valence-electron chi connectivity index (χ0n) is 14.9. The van der Waals surface area contributed by atoms with E-state index >= 15 is 0 Å². The molecule has 0 unspecified atom stereocenters. The van der Waals surface area contributed by atoms with Crippen LogP contribution in [0.15, 0.2) is 48.5 Å². The summed E-state index contributed by atoms with van der Waals surface area (Å²) in [6, 6.07) is 11.9. The molecule has 1 aliphatic heterocycles. The number of anilines is 2. The molecule has 2 N–H and O–H groups in total. The molecule has 0 spiro atoms. The quantitative estimate of drug-likeness (QED) is 0.695. The summed E-state index contributed by atoms with van der Waals surface area (Å²) < 4.78 is 14.9. The fraction of sp³-hybridized carbons (Fsp3) is 0.150. The van der Waals surface area contributed by atoms with Gasteiger partial charge in [0.05, 0.1) is 12.1 Å². The number of carbonyl (C=O) groups excluding carboxylic acids is 2. The van der Waals surface area contributed by atoms with Crippen LogP contribution in [0.1, 0.15) is 18.0 Å². The Kier molecular flexibility index (Phi) is 4.60. The van der Waals surface area contributed by atoms with E-state index in [4.69, 9.17) is 11.6 Å². The van der Waals surface area contributed by atoms with Crippen molar-refractivity contribution in [2.24, 2.45) is 0 Å². The zero-order chi connectivity index (χ0) is 19.8. The molecule has 2 heterocycles. The van der Waals surface area contributed by atoms with Crippen LogP contribution >= 0.6 is 11.6 Å². The number of halogens is 2. The molecule has 8 heteroatoms. The number of amides is 2. The highest BCUT2D eigenvalue weighted by Gasteiger charge is 2.34. The average Bonchev–Trinajstić information content (AvgIpc) is 2.98. The summed E-state index contributed by atoms with van der Waals surface area (Å²) in [6.07, 6.45) is -0.0602. The highest BCUT2D eigenvalue weighted by molar-refractivity contribution is 6.30. The number of fused-ring (bicyclic) bond motifs is 1. The molecule has 4 rings (SSSR count). The van der Waals surface area contributed by atoms with Crippen molar-refractivity contribution in [3.05, 3.63) is 64.9 Å². The van der Waals surface area contributed by atoms with Crippen LogP contribution in [0.4, 0.5) is 15.9 Å². The first-order valence-corrected chi connectivity index (χ1v) is 9.01. The molecule has 142 valence electrons. The van der Waals surface area contributed by atoms with Gasteiger partial charge in [0.1, 0.15) is 17.7 Å². The minimum atomic E-state index is -0.841. The molecule has 0 fully saturated rings. The number of carbonyl (C=O) groups is 2. The van der Waals surface area contributed by atoms with Gasteiger partial charge >= 0.3 is 0 Å². The fourth-order valence-electron chi connectivity index (χ4n) is 3.22. The molecule has 1 atom stereocenters. The maximum absolute atomic E-state index is 13.4. The lowest BCUT2D eigenvalue weighted by atomic mass is 10.1. The Morgan fingerprint density at radius 2 is 2.04 bits per heavy atom. The van der Waals surface area contributed by atoms with Gasteiger partial charge in [-0.2, -0.15) is 5.10 Å². The highest BCUT2D eigenvalue weighted by Crippen LogP contribution is 2.34. The lowest BCUT2D eigenvalue weighted by Gasteiger charge is -2.24. The predicted octanol–water partition coefficient (Wildman–Crippen LogP) is 4.17. The van der Waals surface area contributed by atoms with E-state index in [9.17, 15) is 14.0 Å². The third-order valence-corrected chi connectivity index (χ3v) is 4.84. The van der Waals surface area contributed by atoms with Crippen molar-refractivity contribution in [1.29, 1.82) is 0 Å². The minimum absolute atomic E-state index is 0.0602. The summed E-state index contributed by atoms with van der Waals surface area (Å²) in [5.41, 5.74) is 2.54. The van der Waals surface area contributed by atoms with Gasteiger partial charge in [0.2, 0.25) is 11.8 Å². The maximum atomic E-state index is 13.4. The topological polar surface area (TPSA) is 76.0 Å². The summed E-state index contributed by atoms with van der Waals surface area (Å²) in [5.74, 6) is -0.704. The number of rotatable bonds is 3. The van der Waals surface area contributed by atoms with Gasteiger partial charge in [-0.25, -0.2) is 9.07 Å². The van der Waals surface area contributed by atoms with Crippen LogP contribution in [0.3, 0.4) is 0 Å². The molecule has 3 aromatic rings. The lowest BCUT2D eigenvalue weighted by molar-refractivity contribution is -0.125. The van der Waals surface area contributed by atoms with Crippen molar-refractivity contribution in [2.45, 2.75) is 19.4 Å². The van der Waals surface area contributed by atoms with Crippen molar-refractivity contribution < 1.29 is 14.0 Å². The summed E-state index contributed by atoms with van der Waals surface area (Å²) >= 11 is 5.95. The molecule has 0 aliphatic carbocycles. The number of aromatic nitrogens is 2. The maximum Gasteiger partial charge on any atom is 0.249 e. The van der Waals surface area contributed by atoms with Crippen molar-refractivity contribution in [3.8, 4) is 11.3 Å². The molecule has 0 radical (unpaired) electrons. The van der Waals surface area contributed by atoms with Crippen molar-refractivity contribution in [3.63, 3.8) is 0 Å². The van der Waals surface area contributed by atoms with Gasteiger partial charge in [0.25, 0.3) is 0 Å².